The summed E-state index contributed by atoms with van der Waals surface area (Å²) < 4.78 is 29.3. The average molecular weight is 330 g/mol. The topological polar surface area (TPSA) is 68.5 Å². The fourth-order valence-corrected chi connectivity index (χ4v) is 2.39. The Morgan fingerprint density at radius 3 is 2.42 bits per heavy atom. The molecule has 0 bridgehead atoms. The first-order valence-corrected chi connectivity index (χ1v) is 7.42. The van der Waals surface area contributed by atoms with Gasteiger partial charge in [-0.2, -0.15) is 0 Å². The van der Waals surface area contributed by atoms with Crippen molar-refractivity contribution in [3.05, 3.63) is 54.1 Å². The molecule has 0 saturated carbocycles. The van der Waals surface area contributed by atoms with E-state index >= 15 is 0 Å². The minimum Gasteiger partial charge on any atom is -0.368 e. The lowest BCUT2D eigenvalue weighted by Gasteiger charge is -2.12. The molecule has 0 fully saturated rings. The standard InChI is InChI=1S/C16H16F2N6/c1-10(16-23-20-9-24(16)2)8-19-14-7-6-13(21-22-14)15-11(17)4-3-5-12(15)18/h3-7,9-10H,8H2,1-2H3,(H,19,22). The predicted molar refractivity (Wildman–Crippen MR) is 85.3 cm³/mol. The average Bonchev–Trinajstić information content (AvgIpc) is 3.00. The van der Waals surface area contributed by atoms with Gasteiger partial charge in [-0.15, -0.1) is 20.4 Å². The minimum absolute atomic E-state index is 0.114. The van der Waals surface area contributed by atoms with Gasteiger partial charge in [-0.1, -0.05) is 13.0 Å². The van der Waals surface area contributed by atoms with Crippen LogP contribution in [0.5, 0.6) is 0 Å². The van der Waals surface area contributed by atoms with Gasteiger partial charge in [0, 0.05) is 19.5 Å². The lowest BCUT2D eigenvalue weighted by Crippen LogP contribution is -2.14. The third-order valence-corrected chi connectivity index (χ3v) is 3.66. The molecule has 1 aromatic carbocycles. The van der Waals surface area contributed by atoms with Crippen LogP contribution < -0.4 is 5.32 Å². The van der Waals surface area contributed by atoms with Crippen molar-refractivity contribution >= 4 is 5.82 Å². The number of halogens is 2. The van der Waals surface area contributed by atoms with E-state index < -0.39 is 11.6 Å². The van der Waals surface area contributed by atoms with Crippen LogP contribution in [-0.4, -0.2) is 31.5 Å². The highest BCUT2D eigenvalue weighted by Gasteiger charge is 2.14. The van der Waals surface area contributed by atoms with E-state index in [0.717, 1.165) is 5.82 Å². The third-order valence-electron chi connectivity index (χ3n) is 3.66. The summed E-state index contributed by atoms with van der Waals surface area (Å²) in [5.41, 5.74) is -0.0264. The summed E-state index contributed by atoms with van der Waals surface area (Å²) >= 11 is 0. The minimum atomic E-state index is -0.666. The zero-order valence-electron chi connectivity index (χ0n) is 13.2. The lowest BCUT2D eigenvalue weighted by molar-refractivity contribution is 0.588. The number of nitrogens with one attached hydrogen (secondary N) is 1. The molecule has 0 saturated heterocycles. The maximum Gasteiger partial charge on any atom is 0.148 e. The van der Waals surface area contributed by atoms with Crippen molar-refractivity contribution in [2.45, 2.75) is 12.8 Å². The normalized spacial score (nSPS) is 12.2. The molecule has 0 aliphatic carbocycles. The number of benzene rings is 1. The van der Waals surface area contributed by atoms with Crippen LogP contribution >= 0.6 is 0 Å². The molecule has 1 unspecified atom stereocenters. The van der Waals surface area contributed by atoms with Gasteiger partial charge in [-0.25, -0.2) is 8.78 Å². The fourth-order valence-electron chi connectivity index (χ4n) is 2.39. The van der Waals surface area contributed by atoms with Crippen molar-refractivity contribution in [3.63, 3.8) is 0 Å². The lowest BCUT2D eigenvalue weighted by atomic mass is 10.1. The van der Waals surface area contributed by atoms with Crippen LogP contribution in [0.4, 0.5) is 14.6 Å². The monoisotopic (exact) mass is 330 g/mol. The molecule has 24 heavy (non-hydrogen) atoms. The van der Waals surface area contributed by atoms with Crippen molar-refractivity contribution < 1.29 is 8.78 Å². The van der Waals surface area contributed by atoms with Gasteiger partial charge in [0.2, 0.25) is 0 Å². The van der Waals surface area contributed by atoms with Crippen LogP contribution in [-0.2, 0) is 7.05 Å². The molecule has 0 aliphatic heterocycles. The smallest absolute Gasteiger partial charge is 0.148 e. The number of aromatic nitrogens is 5. The van der Waals surface area contributed by atoms with E-state index in [4.69, 9.17) is 0 Å². The SMILES string of the molecule is CC(CNc1ccc(-c2c(F)cccc2F)nn1)c1nncn1C. The van der Waals surface area contributed by atoms with Crippen LogP contribution in [0, 0.1) is 11.6 Å². The van der Waals surface area contributed by atoms with Gasteiger partial charge in [-0.05, 0) is 24.3 Å². The molecule has 0 aliphatic rings. The number of aryl methyl sites for hydroxylation is 1. The second-order valence-electron chi connectivity index (χ2n) is 5.48. The zero-order valence-corrected chi connectivity index (χ0v) is 13.2. The van der Waals surface area contributed by atoms with Gasteiger partial charge in [0.25, 0.3) is 0 Å². The Kier molecular flexibility index (Phi) is 4.45. The van der Waals surface area contributed by atoms with E-state index in [1.165, 1.54) is 24.3 Å². The Hall–Kier alpha value is -2.90. The summed E-state index contributed by atoms with van der Waals surface area (Å²) in [6.07, 6.45) is 1.64. The van der Waals surface area contributed by atoms with Crippen LogP contribution in [0.1, 0.15) is 18.7 Å². The predicted octanol–water partition coefficient (Wildman–Crippen LogP) is 2.77. The van der Waals surface area contributed by atoms with Gasteiger partial charge in [0.05, 0.1) is 11.3 Å². The van der Waals surface area contributed by atoms with E-state index in [-0.39, 0.29) is 17.2 Å². The quantitative estimate of drug-likeness (QED) is 0.779. The number of hydrogen-bond acceptors (Lipinski definition) is 5. The third kappa shape index (κ3) is 3.22. The summed E-state index contributed by atoms with van der Waals surface area (Å²) in [6, 6.07) is 6.86. The largest absolute Gasteiger partial charge is 0.368 e. The van der Waals surface area contributed by atoms with Crippen molar-refractivity contribution in [2.75, 3.05) is 11.9 Å². The maximum absolute atomic E-state index is 13.7. The molecule has 3 aromatic rings. The molecule has 1 atom stereocenters. The maximum atomic E-state index is 13.7. The van der Waals surface area contributed by atoms with Gasteiger partial charge in [0.15, 0.2) is 0 Å². The Morgan fingerprint density at radius 1 is 1.08 bits per heavy atom. The molecule has 6 nitrogen and oxygen atoms in total. The molecule has 3 rings (SSSR count). The summed E-state index contributed by atoms with van der Waals surface area (Å²) in [7, 11) is 1.88. The van der Waals surface area contributed by atoms with Crippen molar-refractivity contribution in [1.29, 1.82) is 0 Å². The second kappa shape index (κ2) is 6.69. The first-order chi connectivity index (χ1) is 11.6. The zero-order chi connectivity index (χ0) is 17.1. The highest BCUT2D eigenvalue weighted by Crippen LogP contribution is 2.24. The molecule has 0 spiro atoms. The van der Waals surface area contributed by atoms with Crippen LogP contribution in [0.3, 0.4) is 0 Å². The number of hydrogen-bond donors (Lipinski definition) is 1. The number of anilines is 1. The van der Waals surface area contributed by atoms with Gasteiger partial charge < -0.3 is 9.88 Å². The van der Waals surface area contributed by atoms with E-state index in [1.807, 2.05) is 18.5 Å². The van der Waals surface area contributed by atoms with Crippen molar-refractivity contribution in [2.24, 2.45) is 7.05 Å². The van der Waals surface area contributed by atoms with Gasteiger partial charge in [0.1, 0.15) is 29.6 Å². The van der Waals surface area contributed by atoms with Crippen LogP contribution in [0.2, 0.25) is 0 Å². The van der Waals surface area contributed by atoms with E-state index in [2.05, 4.69) is 25.7 Å². The molecule has 0 radical (unpaired) electrons. The second-order valence-corrected chi connectivity index (χ2v) is 5.48. The van der Waals surface area contributed by atoms with Crippen molar-refractivity contribution in [1.82, 2.24) is 25.0 Å². The van der Waals surface area contributed by atoms with Crippen molar-refractivity contribution in [3.8, 4) is 11.3 Å². The molecule has 1 N–H and O–H groups in total. The Bertz CT molecular complexity index is 811. The molecular formula is C16H16F2N6. The molecular weight excluding hydrogens is 314 g/mol. The van der Waals surface area contributed by atoms with Crippen LogP contribution in [0.25, 0.3) is 11.3 Å². The molecule has 2 aromatic heterocycles. The van der Waals surface area contributed by atoms with Crippen LogP contribution in [0.15, 0.2) is 36.7 Å². The summed E-state index contributed by atoms with van der Waals surface area (Å²) in [5, 5.41) is 18.9. The number of rotatable bonds is 5. The summed E-state index contributed by atoms with van der Waals surface area (Å²) in [5.74, 6) is 0.148. The molecule has 124 valence electrons. The first-order valence-electron chi connectivity index (χ1n) is 7.42. The Balaban J connectivity index is 1.70. The Morgan fingerprint density at radius 2 is 1.83 bits per heavy atom. The number of nitrogens with zero attached hydrogens (tertiary/aromatic N) is 5. The van der Waals surface area contributed by atoms with E-state index in [1.54, 1.807) is 12.4 Å². The molecule has 2 heterocycles. The summed E-state index contributed by atoms with van der Waals surface area (Å²) in [4.78, 5) is 0. The van der Waals surface area contributed by atoms with E-state index in [9.17, 15) is 8.78 Å². The molecule has 0 amide bonds. The first kappa shape index (κ1) is 16.0. The van der Waals surface area contributed by atoms with E-state index in [0.29, 0.717) is 12.4 Å². The summed E-state index contributed by atoms with van der Waals surface area (Å²) in [6.45, 7) is 2.59. The molecule has 8 heteroatoms. The fraction of sp³-hybridized carbons (Fsp3) is 0.250. The van der Waals surface area contributed by atoms with Gasteiger partial charge >= 0.3 is 0 Å². The highest BCUT2D eigenvalue weighted by molar-refractivity contribution is 5.61. The van der Waals surface area contributed by atoms with Gasteiger partial charge in [-0.3, -0.25) is 0 Å². The highest BCUT2D eigenvalue weighted by atomic mass is 19.1. The Labute approximate surface area is 137 Å².